The smallest absolute Gasteiger partial charge is 0.233 e. The molecule has 162 valence electrons. The Morgan fingerprint density at radius 2 is 1.67 bits per heavy atom. The summed E-state index contributed by atoms with van der Waals surface area (Å²) in [5.41, 5.74) is 3.03. The summed E-state index contributed by atoms with van der Waals surface area (Å²) in [5.74, 6) is 0.930. The number of carbonyl (C=O) groups is 1. The van der Waals surface area contributed by atoms with Crippen LogP contribution in [0.2, 0.25) is 0 Å². The zero-order chi connectivity index (χ0) is 21.9. The van der Waals surface area contributed by atoms with Gasteiger partial charge in [-0.25, -0.2) is 0 Å². The normalized spacial score (nSPS) is 11.8. The van der Waals surface area contributed by atoms with Gasteiger partial charge in [-0.05, 0) is 73.8 Å². The molecule has 6 heteroatoms. The van der Waals surface area contributed by atoms with Crippen molar-refractivity contribution in [3.8, 4) is 5.75 Å². The maximum absolute atomic E-state index is 12.6. The highest BCUT2D eigenvalue weighted by atomic mass is 32.1. The Labute approximate surface area is 185 Å². The number of carbonyl (C=O) groups excluding carboxylic acids is 1. The molecular formula is C24H32N2O3S. The van der Waals surface area contributed by atoms with Gasteiger partial charge in [0.1, 0.15) is 12.4 Å². The third-order valence-corrected chi connectivity index (χ3v) is 4.77. The molecule has 0 heterocycles. The first-order chi connectivity index (χ1) is 14.4. The van der Waals surface area contributed by atoms with E-state index in [9.17, 15) is 4.79 Å². The fourth-order valence-electron chi connectivity index (χ4n) is 2.94. The fourth-order valence-corrected chi connectivity index (χ4v) is 3.16. The number of ether oxygens (including phenoxy) is 2. The van der Waals surface area contributed by atoms with Crippen LogP contribution in [0.25, 0.3) is 0 Å². The Balaban J connectivity index is 1.82. The van der Waals surface area contributed by atoms with E-state index >= 15 is 0 Å². The van der Waals surface area contributed by atoms with Crippen molar-refractivity contribution in [3.63, 3.8) is 0 Å². The van der Waals surface area contributed by atoms with E-state index in [1.807, 2.05) is 50.2 Å². The van der Waals surface area contributed by atoms with Crippen molar-refractivity contribution in [2.75, 3.05) is 25.1 Å². The molecule has 0 radical (unpaired) electrons. The van der Waals surface area contributed by atoms with Crippen molar-refractivity contribution >= 4 is 28.9 Å². The quantitative estimate of drug-likeness (QED) is 0.416. The van der Waals surface area contributed by atoms with Gasteiger partial charge in [0.25, 0.3) is 0 Å². The van der Waals surface area contributed by atoms with E-state index in [1.165, 1.54) is 5.56 Å². The van der Waals surface area contributed by atoms with E-state index < -0.39 is 0 Å². The van der Waals surface area contributed by atoms with Crippen LogP contribution in [-0.2, 0) is 16.0 Å². The van der Waals surface area contributed by atoms with Crippen LogP contribution in [0.5, 0.6) is 5.75 Å². The minimum absolute atomic E-state index is 0.139. The summed E-state index contributed by atoms with van der Waals surface area (Å²) in [6.45, 7) is 9.96. The van der Waals surface area contributed by atoms with Crippen molar-refractivity contribution in [2.24, 2.45) is 5.92 Å². The summed E-state index contributed by atoms with van der Waals surface area (Å²) in [7, 11) is 0. The summed E-state index contributed by atoms with van der Waals surface area (Å²) >= 11 is 5.29. The first-order valence-corrected chi connectivity index (χ1v) is 10.8. The zero-order valence-electron chi connectivity index (χ0n) is 18.2. The minimum Gasteiger partial charge on any atom is -0.491 e. The van der Waals surface area contributed by atoms with Gasteiger partial charge in [-0.1, -0.05) is 38.1 Å². The van der Waals surface area contributed by atoms with Crippen LogP contribution in [0.3, 0.4) is 0 Å². The monoisotopic (exact) mass is 428 g/mol. The summed E-state index contributed by atoms with van der Waals surface area (Å²) in [6, 6.07) is 15.6. The lowest BCUT2D eigenvalue weighted by Crippen LogP contribution is -2.36. The number of benzene rings is 2. The van der Waals surface area contributed by atoms with Crippen LogP contribution in [0.4, 0.5) is 5.69 Å². The molecule has 2 aromatic carbocycles. The predicted molar refractivity (Wildman–Crippen MR) is 126 cm³/mol. The van der Waals surface area contributed by atoms with Crippen LogP contribution in [0.15, 0.2) is 48.5 Å². The first-order valence-electron chi connectivity index (χ1n) is 10.4. The van der Waals surface area contributed by atoms with E-state index in [4.69, 9.17) is 21.7 Å². The molecule has 0 bridgehead atoms. The number of hydrogen-bond donors (Lipinski definition) is 2. The number of anilines is 1. The Bertz CT molecular complexity index is 804. The second kappa shape index (κ2) is 12.3. The summed E-state index contributed by atoms with van der Waals surface area (Å²) < 4.78 is 10.8. The van der Waals surface area contributed by atoms with Gasteiger partial charge in [0.05, 0.1) is 12.5 Å². The predicted octanol–water partition coefficient (Wildman–Crippen LogP) is 4.92. The van der Waals surface area contributed by atoms with Crippen LogP contribution in [-0.4, -0.2) is 30.8 Å². The maximum atomic E-state index is 12.6. The van der Waals surface area contributed by atoms with Gasteiger partial charge >= 0.3 is 0 Å². The third kappa shape index (κ3) is 8.13. The number of amides is 1. The molecule has 5 nitrogen and oxygen atoms in total. The van der Waals surface area contributed by atoms with Gasteiger partial charge in [-0.15, -0.1) is 0 Å². The topological polar surface area (TPSA) is 59.6 Å². The van der Waals surface area contributed by atoms with Gasteiger partial charge in [0.15, 0.2) is 5.11 Å². The van der Waals surface area contributed by atoms with E-state index in [0.717, 1.165) is 23.4 Å². The maximum Gasteiger partial charge on any atom is 0.233 e. The summed E-state index contributed by atoms with van der Waals surface area (Å²) in [5, 5.41) is 6.07. The molecule has 0 aliphatic carbocycles. The van der Waals surface area contributed by atoms with E-state index in [1.54, 1.807) is 0 Å². The van der Waals surface area contributed by atoms with Gasteiger partial charge in [0.2, 0.25) is 5.91 Å². The minimum atomic E-state index is -0.293. The van der Waals surface area contributed by atoms with E-state index in [0.29, 0.717) is 25.7 Å². The molecule has 0 aliphatic heterocycles. The van der Waals surface area contributed by atoms with E-state index in [2.05, 4.69) is 36.6 Å². The molecule has 0 aliphatic rings. The molecule has 1 amide bonds. The SMILES string of the molecule is CCOCCOc1ccc(NC(=S)NC(=O)C(C)c2ccc(CC(C)C)cc2)cc1. The molecule has 0 spiro atoms. The van der Waals surface area contributed by atoms with Crippen LogP contribution in [0.1, 0.15) is 44.7 Å². The molecule has 2 N–H and O–H groups in total. The lowest BCUT2D eigenvalue weighted by molar-refractivity contribution is -0.120. The van der Waals surface area contributed by atoms with Crippen LogP contribution < -0.4 is 15.4 Å². The molecular weight excluding hydrogens is 396 g/mol. The average molecular weight is 429 g/mol. The van der Waals surface area contributed by atoms with Crippen molar-refractivity contribution < 1.29 is 14.3 Å². The molecule has 1 atom stereocenters. The Hall–Kier alpha value is -2.44. The molecule has 0 saturated carbocycles. The number of rotatable bonds is 10. The average Bonchev–Trinajstić information content (AvgIpc) is 2.72. The van der Waals surface area contributed by atoms with Crippen molar-refractivity contribution in [1.29, 1.82) is 0 Å². The summed E-state index contributed by atoms with van der Waals surface area (Å²) in [6.07, 6.45) is 1.03. The highest BCUT2D eigenvalue weighted by Crippen LogP contribution is 2.18. The molecule has 30 heavy (non-hydrogen) atoms. The largest absolute Gasteiger partial charge is 0.491 e. The molecule has 0 aromatic heterocycles. The zero-order valence-corrected chi connectivity index (χ0v) is 19.1. The standard InChI is InChI=1S/C24H32N2O3S/c1-5-28-14-15-29-22-12-10-21(11-13-22)25-24(30)26-23(27)18(4)20-8-6-19(7-9-20)16-17(2)3/h6-13,17-18H,5,14-16H2,1-4H3,(H2,25,26,27,30). The van der Waals surface area contributed by atoms with Crippen LogP contribution in [0, 0.1) is 5.92 Å². The van der Waals surface area contributed by atoms with Gasteiger partial charge in [0, 0.05) is 12.3 Å². The molecule has 2 aromatic rings. The Kier molecular flexibility index (Phi) is 9.77. The van der Waals surface area contributed by atoms with Crippen molar-refractivity contribution in [1.82, 2.24) is 5.32 Å². The van der Waals surface area contributed by atoms with E-state index in [-0.39, 0.29) is 16.9 Å². The highest BCUT2D eigenvalue weighted by molar-refractivity contribution is 7.80. The molecule has 1 unspecified atom stereocenters. The Morgan fingerprint density at radius 3 is 2.27 bits per heavy atom. The molecule has 0 fully saturated rings. The lowest BCUT2D eigenvalue weighted by Gasteiger charge is -2.15. The number of thiocarbonyl (C=S) groups is 1. The first kappa shape index (κ1) is 23.8. The Morgan fingerprint density at radius 1 is 1.00 bits per heavy atom. The van der Waals surface area contributed by atoms with Crippen molar-refractivity contribution in [3.05, 3.63) is 59.7 Å². The van der Waals surface area contributed by atoms with Gasteiger partial charge in [-0.3, -0.25) is 4.79 Å². The second-order valence-electron chi connectivity index (χ2n) is 7.57. The highest BCUT2D eigenvalue weighted by Gasteiger charge is 2.16. The molecule has 0 saturated heterocycles. The second-order valence-corrected chi connectivity index (χ2v) is 7.98. The van der Waals surface area contributed by atoms with Gasteiger partial charge in [-0.2, -0.15) is 0 Å². The summed E-state index contributed by atoms with van der Waals surface area (Å²) in [4.78, 5) is 12.6. The fraction of sp³-hybridized carbons (Fsp3) is 0.417. The molecule has 2 rings (SSSR count). The lowest BCUT2D eigenvalue weighted by atomic mass is 9.96. The van der Waals surface area contributed by atoms with Crippen LogP contribution >= 0.6 is 12.2 Å². The number of hydrogen-bond acceptors (Lipinski definition) is 4. The van der Waals surface area contributed by atoms with Crippen molar-refractivity contribution in [2.45, 2.75) is 40.0 Å². The third-order valence-electron chi connectivity index (χ3n) is 4.57. The van der Waals surface area contributed by atoms with Gasteiger partial charge < -0.3 is 20.1 Å². The number of nitrogens with one attached hydrogen (secondary N) is 2.